The third kappa shape index (κ3) is 4.24. The van der Waals surface area contributed by atoms with Gasteiger partial charge in [0, 0.05) is 37.2 Å². The largest absolute Gasteiger partial charge is 0.389 e. The molecule has 9 heteroatoms. The van der Waals surface area contributed by atoms with Crippen LogP contribution in [0.25, 0.3) is 22.3 Å². The number of aryl methyl sites for hydroxylation is 1. The van der Waals surface area contributed by atoms with Crippen LogP contribution in [0.5, 0.6) is 0 Å². The second kappa shape index (κ2) is 8.76. The number of nitrogens with one attached hydrogen (secondary N) is 1. The predicted molar refractivity (Wildman–Crippen MR) is 118 cm³/mol. The van der Waals surface area contributed by atoms with Crippen molar-refractivity contribution in [2.45, 2.75) is 32.0 Å². The number of rotatable bonds is 5. The van der Waals surface area contributed by atoms with E-state index in [2.05, 4.69) is 15.5 Å². The number of aliphatic hydroxyl groups is 1. The number of aromatic nitrogens is 3. The van der Waals surface area contributed by atoms with Gasteiger partial charge in [-0.25, -0.2) is 4.39 Å². The fourth-order valence-corrected chi connectivity index (χ4v) is 4.12. The molecule has 1 amide bonds. The molecule has 0 bridgehead atoms. The van der Waals surface area contributed by atoms with Crippen LogP contribution in [0.1, 0.15) is 28.2 Å². The summed E-state index contributed by atoms with van der Waals surface area (Å²) in [5.41, 5.74) is 2.65. The van der Waals surface area contributed by atoms with E-state index in [9.17, 15) is 14.3 Å². The molecule has 1 saturated heterocycles. The highest BCUT2D eigenvalue weighted by Gasteiger charge is 2.27. The molecule has 170 valence electrons. The molecule has 0 radical (unpaired) electrons. The monoisotopic (exact) mass is 450 g/mol. The van der Waals surface area contributed by atoms with E-state index in [4.69, 9.17) is 9.26 Å². The Morgan fingerprint density at radius 2 is 2.09 bits per heavy atom. The number of carbonyl (C=O) groups excluding carboxylic acids is 1. The topological polar surface area (TPSA) is 102 Å². The fourth-order valence-electron chi connectivity index (χ4n) is 4.12. The number of hydrogen-bond acceptors (Lipinski definition) is 6. The standard InChI is InChI=1S/C24H23FN4O4/c1-14-26-23(28-33-14)16-7-5-15(6-8-16)11-29-12-17(22-18(25)3-2-4-20(22)29)24(31)27-19-9-10-32-13-21(19)30/h2-8,12,19,21,30H,9-11,13H2,1H3,(H,27,31)/t19?,21-/m0/s1. The van der Waals surface area contributed by atoms with Crippen molar-refractivity contribution < 1.29 is 23.6 Å². The van der Waals surface area contributed by atoms with E-state index >= 15 is 0 Å². The zero-order chi connectivity index (χ0) is 22.9. The molecule has 1 unspecified atom stereocenters. The molecule has 4 aromatic rings. The predicted octanol–water partition coefficient (Wildman–Crippen LogP) is 3.07. The van der Waals surface area contributed by atoms with Crippen LogP contribution in [0.2, 0.25) is 0 Å². The Balaban J connectivity index is 1.43. The maximum absolute atomic E-state index is 14.8. The maximum atomic E-state index is 14.8. The Hall–Kier alpha value is -3.56. The Bertz CT molecular complexity index is 1300. The SMILES string of the molecule is Cc1nc(-c2ccc(Cn3cc(C(=O)NC4CCOC[C@@H]4O)c4c(F)cccc43)cc2)no1. The summed E-state index contributed by atoms with van der Waals surface area (Å²) >= 11 is 0. The molecule has 33 heavy (non-hydrogen) atoms. The van der Waals surface area contributed by atoms with Crippen LogP contribution < -0.4 is 5.32 Å². The highest BCUT2D eigenvalue weighted by molar-refractivity contribution is 6.07. The summed E-state index contributed by atoms with van der Waals surface area (Å²) in [5, 5.41) is 17.1. The third-order valence-electron chi connectivity index (χ3n) is 5.84. The number of halogens is 1. The third-order valence-corrected chi connectivity index (χ3v) is 5.84. The highest BCUT2D eigenvalue weighted by atomic mass is 19.1. The van der Waals surface area contributed by atoms with Gasteiger partial charge in [0.05, 0.1) is 29.8 Å². The summed E-state index contributed by atoms with van der Waals surface area (Å²) < 4.78 is 26.9. The van der Waals surface area contributed by atoms with Crippen molar-refractivity contribution in [1.82, 2.24) is 20.0 Å². The molecular weight excluding hydrogens is 427 g/mol. The van der Waals surface area contributed by atoms with E-state index in [-0.39, 0.29) is 17.6 Å². The van der Waals surface area contributed by atoms with E-state index in [1.165, 1.54) is 6.07 Å². The number of amides is 1. The lowest BCUT2D eigenvalue weighted by Gasteiger charge is -2.28. The van der Waals surface area contributed by atoms with Gasteiger partial charge in [-0.15, -0.1) is 0 Å². The van der Waals surface area contributed by atoms with Gasteiger partial charge < -0.3 is 24.3 Å². The van der Waals surface area contributed by atoms with Crippen LogP contribution in [-0.4, -0.2) is 51.1 Å². The molecule has 2 aromatic carbocycles. The van der Waals surface area contributed by atoms with Gasteiger partial charge in [-0.3, -0.25) is 4.79 Å². The summed E-state index contributed by atoms with van der Waals surface area (Å²) in [6.45, 7) is 2.80. The highest BCUT2D eigenvalue weighted by Crippen LogP contribution is 2.26. The van der Waals surface area contributed by atoms with Crippen LogP contribution >= 0.6 is 0 Å². The molecule has 0 spiro atoms. The van der Waals surface area contributed by atoms with E-state index in [0.717, 1.165) is 11.1 Å². The maximum Gasteiger partial charge on any atom is 0.253 e. The molecule has 1 aliphatic rings. The van der Waals surface area contributed by atoms with Gasteiger partial charge in [0.15, 0.2) is 0 Å². The Morgan fingerprint density at radius 1 is 1.27 bits per heavy atom. The first-order valence-electron chi connectivity index (χ1n) is 10.7. The van der Waals surface area contributed by atoms with Crippen LogP contribution in [0.4, 0.5) is 4.39 Å². The molecule has 5 rings (SSSR count). The molecule has 0 aliphatic carbocycles. The van der Waals surface area contributed by atoms with Crippen LogP contribution in [-0.2, 0) is 11.3 Å². The first-order valence-corrected chi connectivity index (χ1v) is 10.7. The minimum Gasteiger partial charge on any atom is -0.389 e. The molecule has 2 aromatic heterocycles. The normalized spacial score (nSPS) is 18.5. The molecule has 2 N–H and O–H groups in total. The molecule has 8 nitrogen and oxygen atoms in total. The van der Waals surface area contributed by atoms with Gasteiger partial charge in [-0.2, -0.15) is 4.98 Å². The lowest BCUT2D eigenvalue weighted by atomic mass is 10.1. The second-order valence-electron chi connectivity index (χ2n) is 8.15. The summed E-state index contributed by atoms with van der Waals surface area (Å²) in [4.78, 5) is 17.3. The van der Waals surface area contributed by atoms with Gasteiger partial charge in [-0.05, 0) is 24.1 Å². The Labute approximate surface area is 189 Å². The molecule has 3 heterocycles. The Morgan fingerprint density at radius 3 is 2.82 bits per heavy atom. The van der Waals surface area contributed by atoms with E-state index in [1.54, 1.807) is 25.3 Å². The van der Waals surface area contributed by atoms with Gasteiger partial charge >= 0.3 is 0 Å². The number of nitrogens with zero attached hydrogens (tertiary/aromatic N) is 3. The number of aliphatic hydroxyl groups excluding tert-OH is 1. The van der Waals surface area contributed by atoms with Gasteiger partial charge in [0.25, 0.3) is 5.91 Å². The van der Waals surface area contributed by atoms with Crippen molar-refractivity contribution in [2.24, 2.45) is 0 Å². The molecule has 1 aliphatic heterocycles. The van der Waals surface area contributed by atoms with Crippen LogP contribution in [0.15, 0.2) is 53.2 Å². The number of ether oxygens (including phenoxy) is 1. The fraction of sp³-hybridized carbons (Fsp3) is 0.292. The van der Waals surface area contributed by atoms with Crippen molar-refractivity contribution in [1.29, 1.82) is 0 Å². The van der Waals surface area contributed by atoms with E-state index < -0.39 is 23.9 Å². The molecular formula is C24H23FN4O4. The lowest BCUT2D eigenvalue weighted by molar-refractivity contribution is -0.0260. The van der Waals surface area contributed by atoms with Crippen molar-refractivity contribution >= 4 is 16.8 Å². The first kappa shape index (κ1) is 21.3. The minimum atomic E-state index is -0.789. The number of hydrogen-bond donors (Lipinski definition) is 2. The van der Waals surface area contributed by atoms with Crippen molar-refractivity contribution in [3.8, 4) is 11.4 Å². The van der Waals surface area contributed by atoms with Crippen LogP contribution in [0.3, 0.4) is 0 Å². The summed E-state index contributed by atoms with van der Waals surface area (Å²) in [7, 11) is 0. The van der Waals surface area contributed by atoms with E-state index in [0.29, 0.717) is 36.8 Å². The number of fused-ring (bicyclic) bond motifs is 1. The Kier molecular flexibility index (Phi) is 5.65. The number of carbonyl (C=O) groups is 1. The zero-order valence-corrected chi connectivity index (χ0v) is 18.0. The van der Waals surface area contributed by atoms with Gasteiger partial charge in [-0.1, -0.05) is 35.5 Å². The molecule has 2 atom stereocenters. The van der Waals surface area contributed by atoms with Gasteiger partial charge in [0.1, 0.15) is 5.82 Å². The van der Waals surface area contributed by atoms with Crippen molar-refractivity contribution in [3.05, 3.63) is 71.5 Å². The molecule has 0 saturated carbocycles. The zero-order valence-electron chi connectivity index (χ0n) is 18.0. The second-order valence-corrected chi connectivity index (χ2v) is 8.15. The van der Waals surface area contributed by atoms with Crippen molar-refractivity contribution in [3.63, 3.8) is 0 Å². The quantitative estimate of drug-likeness (QED) is 0.485. The first-order chi connectivity index (χ1) is 16.0. The van der Waals surface area contributed by atoms with E-state index in [1.807, 2.05) is 28.8 Å². The van der Waals surface area contributed by atoms with Gasteiger partial charge in [0.2, 0.25) is 11.7 Å². The van der Waals surface area contributed by atoms with Crippen molar-refractivity contribution in [2.75, 3.05) is 13.2 Å². The summed E-state index contributed by atoms with van der Waals surface area (Å²) in [6.07, 6.45) is 1.37. The number of benzene rings is 2. The smallest absolute Gasteiger partial charge is 0.253 e. The molecule has 1 fully saturated rings. The summed E-state index contributed by atoms with van der Waals surface area (Å²) in [6, 6.07) is 12.0. The average Bonchev–Trinajstić information content (AvgIpc) is 3.41. The lowest BCUT2D eigenvalue weighted by Crippen LogP contribution is -2.48. The minimum absolute atomic E-state index is 0.167. The van der Waals surface area contributed by atoms with Crippen LogP contribution in [0, 0.1) is 12.7 Å². The average molecular weight is 450 g/mol. The summed E-state index contributed by atoms with van der Waals surface area (Å²) in [5.74, 6) is 0.125.